The molecule has 0 bridgehead atoms. The van der Waals surface area contributed by atoms with Crippen LogP contribution in [0.15, 0.2) is 72.8 Å². The molecule has 0 atom stereocenters. The molecule has 5 nitrogen and oxygen atoms in total. The number of anilines is 1. The molecule has 0 saturated heterocycles. The summed E-state index contributed by atoms with van der Waals surface area (Å²) in [7, 11) is -3.49. The minimum Gasteiger partial charge on any atom is -0.348 e. The quantitative estimate of drug-likeness (QED) is 0.584. The Morgan fingerprint density at radius 2 is 1.60 bits per heavy atom. The molecule has 0 unspecified atom stereocenters. The van der Waals surface area contributed by atoms with Crippen molar-refractivity contribution in [3.8, 4) is 0 Å². The molecule has 3 aromatic carbocycles. The van der Waals surface area contributed by atoms with Gasteiger partial charge in [0.15, 0.2) is 0 Å². The second kappa shape index (κ2) is 9.32. The first-order valence-corrected chi connectivity index (χ1v) is 11.6. The Morgan fingerprint density at radius 3 is 2.20 bits per heavy atom. The van der Waals surface area contributed by atoms with Crippen LogP contribution in [0.4, 0.5) is 5.69 Å². The molecule has 3 aromatic rings. The lowest BCUT2D eigenvalue weighted by molar-refractivity contribution is 0.0951. The molecule has 3 rings (SSSR count). The van der Waals surface area contributed by atoms with E-state index in [1.165, 1.54) is 10.6 Å². The van der Waals surface area contributed by atoms with E-state index in [4.69, 9.17) is 11.6 Å². The summed E-state index contributed by atoms with van der Waals surface area (Å²) < 4.78 is 26.0. The van der Waals surface area contributed by atoms with Crippen LogP contribution in [0.25, 0.3) is 0 Å². The smallest absolute Gasteiger partial charge is 0.251 e. The van der Waals surface area contributed by atoms with Crippen molar-refractivity contribution >= 4 is 33.2 Å². The van der Waals surface area contributed by atoms with Crippen LogP contribution < -0.4 is 9.62 Å². The number of halogens is 1. The minimum absolute atomic E-state index is 0.219. The molecule has 0 spiro atoms. The van der Waals surface area contributed by atoms with Crippen LogP contribution in [-0.2, 0) is 23.1 Å². The van der Waals surface area contributed by atoms with E-state index >= 15 is 0 Å². The van der Waals surface area contributed by atoms with E-state index in [2.05, 4.69) is 5.32 Å². The molecule has 0 aromatic heterocycles. The summed E-state index contributed by atoms with van der Waals surface area (Å²) in [5.41, 5.74) is 3.75. The van der Waals surface area contributed by atoms with Crippen molar-refractivity contribution in [3.05, 3.63) is 100 Å². The van der Waals surface area contributed by atoms with Crippen molar-refractivity contribution in [2.45, 2.75) is 20.0 Å². The number of benzene rings is 3. The van der Waals surface area contributed by atoms with Crippen LogP contribution in [0.1, 0.15) is 27.0 Å². The van der Waals surface area contributed by atoms with Crippen molar-refractivity contribution in [3.63, 3.8) is 0 Å². The van der Waals surface area contributed by atoms with Gasteiger partial charge in [-0.2, -0.15) is 0 Å². The van der Waals surface area contributed by atoms with Crippen LogP contribution >= 0.6 is 11.6 Å². The summed E-state index contributed by atoms with van der Waals surface area (Å²) in [5, 5.41) is 3.42. The number of rotatable bonds is 7. The largest absolute Gasteiger partial charge is 0.348 e. The van der Waals surface area contributed by atoms with Gasteiger partial charge in [-0.1, -0.05) is 59.6 Å². The summed E-state index contributed by atoms with van der Waals surface area (Å²) in [4.78, 5) is 12.4. The van der Waals surface area contributed by atoms with Crippen LogP contribution in [-0.4, -0.2) is 20.6 Å². The second-order valence-electron chi connectivity index (χ2n) is 7.08. The molecule has 0 saturated carbocycles. The van der Waals surface area contributed by atoms with E-state index < -0.39 is 10.0 Å². The maximum Gasteiger partial charge on any atom is 0.251 e. The van der Waals surface area contributed by atoms with Gasteiger partial charge >= 0.3 is 0 Å². The summed E-state index contributed by atoms with van der Waals surface area (Å²) in [6.07, 6.45) is 1.17. The van der Waals surface area contributed by atoms with Gasteiger partial charge in [-0.05, 0) is 48.4 Å². The van der Waals surface area contributed by atoms with Crippen LogP contribution in [0.5, 0.6) is 0 Å². The number of amides is 1. The van der Waals surface area contributed by atoms with Gasteiger partial charge in [-0.15, -0.1) is 0 Å². The molecule has 0 aliphatic rings. The lowest BCUT2D eigenvalue weighted by atomic mass is 10.1. The first-order valence-electron chi connectivity index (χ1n) is 9.39. The Kier molecular flexibility index (Phi) is 6.80. The number of nitrogens with zero attached hydrogens (tertiary/aromatic N) is 1. The van der Waals surface area contributed by atoms with Crippen molar-refractivity contribution in [2.75, 3.05) is 10.6 Å². The third-order valence-electron chi connectivity index (χ3n) is 4.66. The first kappa shape index (κ1) is 21.9. The van der Waals surface area contributed by atoms with Gasteiger partial charge in [-0.3, -0.25) is 9.10 Å². The van der Waals surface area contributed by atoms with Gasteiger partial charge in [0.05, 0.1) is 18.5 Å². The second-order valence-corrected chi connectivity index (χ2v) is 9.39. The van der Waals surface area contributed by atoms with Gasteiger partial charge < -0.3 is 5.32 Å². The van der Waals surface area contributed by atoms with Gasteiger partial charge in [0.2, 0.25) is 10.0 Å². The number of carbonyl (C=O) groups is 1. The third-order valence-corrected chi connectivity index (χ3v) is 6.17. The Balaban J connectivity index is 1.73. The normalized spacial score (nSPS) is 11.2. The van der Waals surface area contributed by atoms with E-state index in [0.717, 1.165) is 16.7 Å². The third kappa shape index (κ3) is 5.62. The highest BCUT2D eigenvalue weighted by Gasteiger charge is 2.18. The molecule has 30 heavy (non-hydrogen) atoms. The Bertz CT molecular complexity index is 1130. The number of sulfonamides is 1. The maximum absolute atomic E-state index is 12.4. The monoisotopic (exact) mass is 442 g/mol. The average molecular weight is 443 g/mol. The SMILES string of the molecule is Cc1ccc(CN(c2ccc(C(=O)NCc3ccccc3Cl)cc2)S(C)(=O)=O)cc1. The first-order chi connectivity index (χ1) is 14.2. The maximum atomic E-state index is 12.4. The highest BCUT2D eigenvalue weighted by molar-refractivity contribution is 7.92. The molecule has 1 N–H and O–H groups in total. The number of hydrogen-bond donors (Lipinski definition) is 1. The predicted octanol–water partition coefficient (Wildman–Crippen LogP) is 4.54. The zero-order valence-electron chi connectivity index (χ0n) is 16.8. The molecule has 0 aliphatic carbocycles. The lowest BCUT2D eigenvalue weighted by Crippen LogP contribution is -2.29. The van der Waals surface area contributed by atoms with Crippen LogP contribution in [0.2, 0.25) is 5.02 Å². The topological polar surface area (TPSA) is 66.5 Å². The highest BCUT2D eigenvalue weighted by Crippen LogP contribution is 2.22. The number of carbonyl (C=O) groups excluding carboxylic acids is 1. The van der Waals surface area contributed by atoms with Gasteiger partial charge in [0.1, 0.15) is 0 Å². The highest BCUT2D eigenvalue weighted by atomic mass is 35.5. The zero-order chi connectivity index (χ0) is 21.7. The summed E-state index contributed by atoms with van der Waals surface area (Å²) in [6, 6.07) is 21.5. The molecule has 1 amide bonds. The molecular weight excluding hydrogens is 420 g/mol. The van der Waals surface area contributed by atoms with E-state index in [9.17, 15) is 13.2 Å². The fraction of sp³-hybridized carbons (Fsp3) is 0.174. The van der Waals surface area contributed by atoms with Gasteiger partial charge in [0, 0.05) is 17.1 Å². The van der Waals surface area contributed by atoms with Crippen molar-refractivity contribution < 1.29 is 13.2 Å². The van der Waals surface area contributed by atoms with Crippen LogP contribution in [0.3, 0.4) is 0 Å². The molecule has 0 fully saturated rings. The molecule has 7 heteroatoms. The summed E-state index contributed by atoms with van der Waals surface area (Å²) in [6.45, 7) is 2.51. The Labute approximate surface area is 182 Å². The average Bonchev–Trinajstić information content (AvgIpc) is 2.72. The van der Waals surface area contributed by atoms with E-state index in [1.807, 2.05) is 49.4 Å². The number of hydrogen-bond acceptors (Lipinski definition) is 3. The van der Waals surface area contributed by atoms with Gasteiger partial charge in [0.25, 0.3) is 5.91 Å². The van der Waals surface area contributed by atoms with Crippen molar-refractivity contribution in [1.29, 1.82) is 0 Å². The van der Waals surface area contributed by atoms with Crippen molar-refractivity contribution in [2.24, 2.45) is 0 Å². The van der Waals surface area contributed by atoms with Crippen LogP contribution in [0, 0.1) is 6.92 Å². The molecule has 156 valence electrons. The lowest BCUT2D eigenvalue weighted by Gasteiger charge is -2.23. The predicted molar refractivity (Wildman–Crippen MR) is 121 cm³/mol. The van der Waals surface area contributed by atoms with Crippen molar-refractivity contribution in [1.82, 2.24) is 5.32 Å². The molecule has 0 aliphatic heterocycles. The molecular formula is C23H23ClN2O3S. The Hall–Kier alpha value is -2.83. The van der Waals surface area contributed by atoms with E-state index in [1.54, 1.807) is 30.3 Å². The fourth-order valence-electron chi connectivity index (χ4n) is 2.96. The number of aryl methyl sites for hydroxylation is 1. The number of nitrogens with one attached hydrogen (secondary N) is 1. The summed E-state index contributed by atoms with van der Waals surface area (Å²) in [5.74, 6) is -0.258. The van der Waals surface area contributed by atoms with Gasteiger partial charge in [-0.25, -0.2) is 8.42 Å². The summed E-state index contributed by atoms with van der Waals surface area (Å²) >= 11 is 6.11. The minimum atomic E-state index is -3.49. The Morgan fingerprint density at radius 1 is 0.967 bits per heavy atom. The molecule has 0 heterocycles. The fourth-order valence-corrected chi connectivity index (χ4v) is 4.05. The molecule has 0 radical (unpaired) electrons. The van der Waals surface area contributed by atoms with E-state index in [-0.39, 0.29) is 12.5 Å². The zero-order valence-corrected chi connectivity index (χ0v) is 18.4. The standard InChI is InChI=1S/C23H23ClN2O3S/c1-17-7-9-18(10-8-17)16-26(30(2,28)29)21-13-11-19(12-14-21)23(27)25-15-20-5-3-4-6-22(20)24/h3-14H,15-16H2,1-2H3,(H,25,27). The van der Waals surface area contributed by atoms with E-state index in [0.29, 0.717) is 22.8 Å².